The van der Waals surface area contributed by atoms with Gasteiger partial charge in [-0.3, -0.25) is 14.5 Å². The Morgan fingerprint density at radius 1 is 1.24 bits per heavy atom. The SMILES string of the molecule is CC(C)N(CCNC(=O)CCC1Cc2ccccc2NC1=O)C(C)C. The van der Waals surface area contributed by atoms with Gasteiger partial charge in [-0.05, 0) is 52.2 Å². The average Bonchev–Trinajstić information content (AvgIpc) is 2.56. The predicted octanol–water partition coefficient (Wildman–Crippen LogP) is 2.81. The van der Waals surface area contributed by atoms with Crippen LogP contribution in [0.5, 0.6) is 0 Å². The van der Waals surface area contributed by atoms with Crippen LogP contribution in [0.3, 0.4) is 0 Å². The number of amides is 2. The minimum atomic E-state index is -0.122. The number of anilines is 1. The molecule has 1 aliphatic rings. The molecule has 0 radical (unpaired) electrons. The van der Waals surface area contributed by atoms with E-state index >= 15 is 0 Å². The summed E-state index contributed by atoms with van der Waals surface area (Å²) in [6.45, 7) is 10.2. The van der Waals surface area contributed by atoms with Gasteiger partial charge in [0.1, 0.15) is 0 Å². The molecule has 2 rings (SSSR count). The fourth-order valence-electron chi connectivity index (χ4n) is 3.48. The summed E-state index contributed by atoms with van der Waals surface area (Å²) < 4.78 is 0. The summed E-state index contributed by atoms with van der Waals surface area (Å²) in [6.07, 6.45) is 1.69. The van der Waals surface area contributed by atoms with Gasteiger partial charge in [0.2, 0.25) is 11.8 Å². The van der Waals surface area contributed by atoms with E-state index in [1.54, 1.807) is 0 Å². The third kappa shape index (κ3) is 5.56. The Morgan fingerprint density at radius 2 is 1.92 bits per heavy atom. The van der Waals surface area contributed by atoms with Gasteiger partial charge in [-0.1, -0.05) is 18.2 Å². The lowest BCUT2D eigenvalue weighted by Crippen LogP contribution is -2.42. The van der Waals surface area contributed by atoms with Crippen LogP contribution in [-0.4, -0.2) is 41.9 Å². The van der Waals surface area contributed by atoms with Crippen LogP contribution in [0.2, 0.25) is 0 Å². The molecule has 0 saturated heterocycles. The number of carbonyl (C=O) groups excluding carboxylic acids is 2. The summed E-state index contributed by atoms with van der Waals surface area (Å²) in [5, 5.41) is 5.92. The zero-order valence-corrected chi connectivity index (χ0v) is 15.8. The molecule has 2 amide bonds. The van der Waals surface area contributed by atoms with Gasteiger partial charge in [0.15, 0.2) is 0 Å². The van der Waals surface area contributed by atoms with E-state index in [1.165, 1.54) is 0 Å². The van der Waals surface area contributed by atoms with Crippen molar-refractivity contribution in [2.45, 2.75) is 59.0 Å². The van der Waals surface area contributed by atoms with Crippen LogP contribution >= 0.6 is 0 Å². The van der Waals surface area contributed by atoms with Gasteiger partial charge >= 0.3 is 0 Å². The Morgan fingerprint density at radius 3 is 2.60 bits per heavy atom. The molecule has 0 aliphatic carbocycles. The van der Waals surface area contributed by atoms with Crippen LogP contribution in [0.15, 0.2) is 24.3 Å². The second kappa shape index (κ2) is 8.99. The van der Waals surface area contributed by atoms with Gasteiger partial charge in [-0.25, -0.2) is 0 Å². The quantitative estimate of drug-likeness (QED) is 0.762. The van der Waals surface area contributed by atoms with E-state index in [4.69, 9.17) is 0 Å². The standard InChI is InChI=1S/C20H31N3O2/c1-14(2)23(15(3)4)12-11-21-19(24)10-9-17-13-16-7-5-6-8-18(16)22-20(17)25/h5-8,14-15,17H,9-13H2,1-4H3,(H,21,24)(H,22,25). The van der Waals surface area contributed by atoms with Crippen LogP contribution in [-0.2, 0) is 16.0 Å². The van der Waals surface area contributed by atoms with Crippen LogP contribution in [0.25, 0.3) is 0 Å². The molecule has 0 bridgehead atoms. The largest absolute Gasteiger partial charge is 0.355 e. The van der Waals surface area contributed by atoms with Gasteiger partial charge in [-0.2, -0.15) is 0 Å². The highest BCUT2D eigenvalue weighted by molar-refractivity contribution is 5.96. The maximum Gasteiger partial charge on any atom is 0.227 e. The van der Waals surface area contributed by atoms with Crippen LogP contribution < -0.4 is 10.6 Å². The predicted molar refractivity (Wildman–Crippen MR) is 101 cm³/mol. The van der Waals surface area contributed by atoms with Crippen molar-refractivity contribution < 1.29 is 9.59 Å². The maximum atomic E-state index is 12.2. The van der Waals surface area contributed by atoms with Crippen molar-refractivity contribution in [3.05, 3.63) is 29.8 Å². The lowest BCUT2D eigenvalue weighted by molar-refractivity contribution is -0.122. The second-order valence-corrected chi connectivity index (χ2v) is 7.36. The number of hydrogen-bond acceptors (Lipinski definition) is 3. The summed E-state index contributed by atoms with van der Waals surface area (Å²) in [4.78, 5) is 26.6. The molecular weight excluding hydrogens is 314 g/mol. The molecule has 1 atom stereocenters. The minimum Gasteiger partial charge on any atom is -0.355 e. The number of hydrogen-bond donors (Lipinski definition) is 2. The summed E-state index contributed by atoms with van der Waals surface area (Å²) in [5.74, 6) is -0.0695. The van der Waals surface area contributed by atoms with Crippen molar-refractivity contribution in [3.63, 3.8) is 0 Å². The number of nitrogens with one attached hydrogen (secondary N) is 2. The molecule has 1 aliphatic heterocycles. The number of rotatable bonds is 8. The van der Waals surface area contributed by atoms with E-state index < -0.39 is 0 Å². The Labute approximate surface area is 151 Å². The van der Waals surface area contributed by atoms with E-state index in [0.717, 1.165) is 17.8 Å². The van der Waals surface area contributed by atoms with Crippen molar-refractivity contribution in [2.75, 3.05) is 18.4 Å². The molecule has 0 spiro atoms. The Kier molecular flexibility index (Phi) is 7.00. The Hall–Kier alpha value is -1.88. The highest BCUT2D eigenvalue weighted by Crippen LogP contribution is 2.27. The lowest BCUT2D eigenvalue weighted by Gasteiger charge is -2.30. The molecule has 2 N–H and O–H groups in total. The topological polar surface area (TPSA) is 61.4 Å². The Bertz CT molecular complexity index is 590. The molecule has 25 heavy (non-hydrogen) atoms. The van der Waals surface area contributed by atoms with E-state index in [0.29, 0.717) is 37.9 Å². The van der Waals surface area contributed by atoms with E-state index in [-0.39, 0.29) is 17.7 Å². The highest BCUT2D eigenvalue weighted by Gasteiger charge is 2.26. The molecule has 5 nitrogen and oxygen atoms in total. The van der Waals surface area contributed by atoms with Crippen LogP contribution in [0.1, 0.15) is 46.1 Å². The third-order valence-corrected chi connectivity index (χ3v) is 4.85. The number of para-hydroxylation sites is 1. The molecule has 1 unspecified atom stereocenters. The second-order valence-electron chi connectivity index (χ2n) is 7.36. The zero-order valence-electron chi connectivity index (χ0n) is 15.8. The number of benzene rings is 1. The van der Waals surface area contributed by atoms with Gasteiger partial charge in [-0.15, -0.1) is 0 Å². The monoisotopic (exact) mass is 345 g/mol. The molecule has 1 aromatic rings. The van der Waals surface area contributed by atoms with Crippen molar-refractivity contribution in [3.8, 4) is 0 Å². The first-order valence-corrected chi connectivity index (χ1v) is 9.29. The first-order valence-electron chi connectivity index (χ1n) is 9.29. The fraction of sp³-hybridized carbons (Fsp3) is 0.600. The van der Waals surface area contributed by atoms with Gasteiger partial charge in [0.25, 0.3) is 0 Å². The van der Waals surface area contributed by atoms with Crippen LogP contribution in [0, 0.1) is 5.92 Å². The zero-order chi connectivity index (χ0) is 18.4. The van der Waals surface area contributed by atoms with Gasteiger partial charge in [0, 0.05) is 43.2 Å². The molecule has 0 fully saturated rings. The highest BCUT2D eigenvalue weighted by atomic mass is 16.2. The molecule has 0 saturated carbocycles. The number of nitrogens with zero attached hydrogens (tertiary/aromatic N) is 1. The fourth-order valence-corrected chi connectivity index (χ4v) is 3.48. The van der Waals surface area contributed by atoms with Gasteiger partial charge in [0.05, 0.1) is 0 Å². The maximum absolute atomic E-state index is 12.2. The smallest absolute Gasteiger partial charge is 0.227 e. The van der Waals surface area contributed by atoms with Crippen molar-refractivity contribution in [1.82, 2.24) is 10.2 Å². The first-order chi connectivity index (χ1) is 11.9. The lowest BCUT2D eigenvalue weighted by atomic mass is 9.89. The normalized spacial score (nSPS) is 16.9. The van der Waals surface area contributed by atoms with Crippen molar-refractivity contribution in [1.29, 1.82) is 0 Å². The van der Waals surface area contributed by atoms with Crippen LogP contribution in [0.4, 0.5) is 5.69 Å². The molecule has 0 aromatic heterocycles. The summed E-state index contributed by atoms with van der Waals surface area (Å²) in [6, 6.07) is 8.78. The first kappa shape index (κ1) is 19.4. The number of carbonyl (C=O) groups is 2. The molecule has 1 aromatic carbocycles. The van der Waals surface area contributed by atoms with Gasteiger partial charge < -0.3 is 10.6 Å². The average molecular weight is 345 g/mol. The summed E-state index contributed by atoms with van der Waals surface area (Å²) in [5.41, 5.74) is 2.05. The summed E-state index contributed by atoms with van der Waals surface area (Å²) in [7, 11) is 0. The summed E-state index contributed by atoms with van der Waals surface area (Å²) >= 11 is 0. The van der Waals surface area contributed by atoms with E-state index in [1.807, 2.05) is 24.3 Å². The number of fused-ring (bicyclic) bond motifs is 1. The van der Waals surface area contributed by atoms with Crippen molar-refractivity contribution in [2.24, 2.45) is 5.92 Å². The van der Waals surface area contributed by atoms with E-state index in [9.17, 15) is 9.59 Å². The molecule has 138 valence electrons. The molecular formula is C20H31N3O2. The van der Waals surface area contributed by atoms with Crippen molar-refractivity contribution >= 4 is 17.5 Å². The third-order valence-electron chi connectivity index (χ3n) is 4.85. The minimum absolute atomic E-state index is 0.0253. The Balaban J connectivity index is 1.74. The molecule has 1 heterocycles. The van der Waals surface area contributed by atoms with E-state index in [2.05, 4.69) is 43.2 Å². The molecule has 5 heteroatoms.